The van der Waals surface area contributed by atoms with E-state index in [0.717, 1.165) is 6.26 Å². The van der Waals surface area contributed by atoms with Gasteiger partial charge in [-0.2, -0.15) is 0 Å². The fourth-order valence-corrected chi connectivity index (χ4v) is 1.44. The highest BCUT2D eigenvalue weighted by Crippen LogP contribution is 2.16. The van der Waals surface area contributed by atoms with Crippen LogP contribution in [-0.2, 0) is 0 Å². The minimum atomic E-state index is -1.23. The van der Waals surface area contributed by atoms with E-state index in [1.54, 1.807) is 6.07 Å². The van der Waals surface area contributed by atoms with Gasteiger partial charge in [0.2, 0.25) is 11.6 Å². The number of carbonyl (C=O) groups excluding carboxylic acids is 1. The van der Waals surface area contributed by atoms with Crippen molar-refractivity contribution in [1.82, 2.24) is 4.98 Å². The molecule has 2 heterocycles. The first-order valence-corrected chi connectivity index (χ1v) is 5.24. The number of rotatable bonds is 4. The highest BCUT2D eigenvalue weighted by Gasteiger charge is 2.20. The molecule has 1 amide bonds. The number of carboxylic acids is 1. The highest BCUT2D eigenvalue weighted by atomic mass is 16.5. The average molecular weight is 262 g/mol. The van der Waals surface area contributed by atoms with Gasteiger partial charge in [0.1, 0.15) is 5.56 Å². The molecule has 98 valence electrons. The van der Waals surface area contributed by atoms with E-state index in [1.807, 2.05) is 0 Å². The molecule has 0 aliphatic rings. The van der Waals surface area contributed by atoms with Crippen molar-refractivity contribution in [3.63, 3.8) is 0 Å². The second kappa shape index (κ2) is 5.21. The van der Waals surface area contributed by atoms with Crippen molar-refractivity contribution < 1.29 is 23.8 Å². The van der Waals surface area contributed by atoms with Crippen LogP contribution in [0.2, 0.25) is 0 Å². The number of ether oxygens (including phenoxy) is 1. The Balaban J connectivity index is 2.20. The molecule has 7 nitrogen and oxygen atoms in total. The molecular formula is C12H10N2O5. The molecule has 2 aromatic rings. The van der Waals surface area contributed by atoms with E-state index in [2.05, 4.69) is 10.3 Å². The Kier molecular flexibility index (Phi) is 3.46. The summed E-state index contributed by atoms with van der Waals surface area (Å²) in [5, 5.41) is 11.4. The Hall–Kier alpha value is -2.83. The van der Waals surface area contributed by atoms with Crippen molar-refractivity contribution in [2.75, 3.05) is 12.4 Å². The minimum absolute atomic E-state index is 0.196. The van der Waals surface area contributed by atoms with Gasteiger partial charge in [-0.1, -0.05) is 0 Å². The second-order valence-corrected chi connectivity index (χ2v) is 3.51. The number of furan rings is 1. The Morgan fingerprint density at radius 3 is 2.89 bits per heavy atom. The van der Waals surface area contributed by atoms with Crippen LogP contribution >= 0.6 is 0 Å². The van der Waals surface area contributed by atoms with E-state index >= 15 is 0 Å². The number of nitrogens with zero attached hydrogens (tertiary/aromatic N) is 1. The molecule has 0 saturated carbocycles. The fraction of sp³-hybridized carbons (Fsp3) is 0.0833. The number of aromatic carboxylic acids is 1. The Morgan fingerprint density at radius 2 is 2.21 bits per heavy atom. The van der Waals surface area contributed by atoms with Crippen LogP contribution in [0.15, 0.2) is 35.1 Å². The van der Waals surface area contributed by atoms with E-state index in [1.165, 1.54) is 25.4 Å². The molecule has 0 aliphatic carbocycles. The van der Waals surface area contributed by atoms with E-state index in [-0.39, 0.29) is 11.3 Å². The summed E-state index contributed by atoms with van der Waals surface area (Å²) >= 11 is 0. The van der Waals surface area contributed by atoms with Gasteiger partial charge in [-0.3, -0.25) is 4.79 Å². The zero-order chi connectivity index (χ0) is 13.8. The summed E-state index contributed by atoms with van der Waals surface area (Å²) in [6.45, 7) is 0. The van der Waals surface area contributed by atoms with Crippen molar-refractivity contribution >= 4 is 17.6 Å². The van der Waals surface area contributed by atoms with Crippen molar-refractivity contribution in [2.24, 2.45) is 0 Å². The number of nitrogens with one attached hydrogen (secondary N) is 1. The summed E-state index contributed by atoms with van der Waals surface area (Å²) in [6.07, 6.45) is 2.60. The standard InChI is InChI=1S/C12H10N2O5/c1-18-9-6-7(2-4-13-9)14-11(15)10-8(12(16)17)3-5-19-10/h2-6H,1H3,(H,16,17)(H,13,14,15). The molecule has 2 N–H and O–H groups in total. The molecule has 2 aromatic heterocycles. The lowest BCUT2D eigenvalue weighted by molar-refractivity contribution is 0.0690. The Bertz CT molecular complexity index is 620. The Morgan fingerprint density at radius 1 is 1.42 bits per heavy atom. The van der Waals surface area contributed by atoms with Gasteiger partial charge in [-0.05, 0) is 12.1 Å². The third-order valence-corrected chi connectivity index (χ3v) is 2.30. The summed E-state index contributed by atoms with van der Waals surface area (Å²) in [6, 6.07) is 4.26. The number of carbonyl (C=O) groups is 2. The van der Waals surface area contributed by atoms with Crippen LogP contribution in [0, 0.1) is 0 Å². The SMILES string of the molecule is COc1cc(NC(=O)c2occc2C(=O)O)ccn1. The number of aromatic nitrogens is 1. The molecule has 0 saturated heterocycles. The first-order chi connectivity index (χ1) is 9.11. The van der Waals surface area contributed by atoms with E-state index in [0.29, 0.717) is 11.6 Å². The molecule has 7 heteroatoms. The molecule has 0 aromatic carbocycles. The first-order valence-electron chi connectivity index (χ1n) is 5.24. The van der Waals surface area contributed by atoms with Gasteiger partial charge in [0.15, 0.2) is 0 Å². The lowest BCUT2D eigenvalue weighted by Crippen LogP contribution is -2.14. The normalized spacial score (nSPS) is 9.95. The highest BCUT2D eigenvalue weighted by molar-refractivity contribution is 6.08. The van der Waals surface area contributed by atoms with Crippen LogP contribution in [-0.4, -0.2) is 29.1 Å². The lowest BCUT2D eigenvalue weighted by Gasteiger charge is -2.05. The van der Waals surface area contributed by atoms with Gasteiger partial charge in [0, 0.05) is 18.0 Å². The van der Waals surface area contributed by atoms with E-state index < -0.39 is 11.9 Å². The molecular weight excluding hydrogens is 252 g/mol. The van der Waals surface area contributed by atoms with Crippen molar-refractivity contribution in [2.45, 2.75) is 0 Å². The first kappa shape index (κ1) is 12.6. The van der Waals surface area contributed by atoms with Crippen LogP contribution in [0.5, 0.6) is 5.88 Å². The van der Waals surface area contributed by atoms with Crippen LogP contribution in [0.4, 0.5) is 5.69 Å². The van der Waals surface area contributed by atoms with Gasteiger partial charge in [0.05, 0.1) is 13.4 Å². The zero-order valence-corrected chi connectivity index (χ0v) is 9.91. The smallest absolute Gasteiger partial charge is 0.339 e. The van der Waals surface area contributed by atoms with Crippen LogP contribution in [0.25, 0.3) is 0 Å². The average Bonchev–Trinajstić information content (AvgIpc) is 2.88. The molecule has 0 radical (unpaired) electrons. The lowest BCUT2D eigenvalue weighted by atomic mass is 10.2. The van der Waals surface area contributed by atoms with Gasteiger partial charge >= 0.3 is 5.97 Å². The number of amides is 1. The van der Waals surface area contributed by atoms with Crippen molar-refractivity contribution in [1.29, 1.82) is 0 Å². The molecule has 0 fully saturated rings. The third-order valence-electron chi connectivity index (χ3n) is 2.30. The van der Waals surface area contributed by atoms with Crippen molar-refractivity contribution in [3.8, 4) is 5.88 Å². The van der Waals surface area contributed by atoms with Crippen molar-refractivity contribution in [3.05, 3.63) is 42.0 Å². The van der Waals surface area contributed by atoms with E-state index in [4.69, 9.17) is 14.3 Å². The third kappa shape index (κ3) is 2.71. The van der Waals surface area contributed by atoms with Gasteiger partial charge < -0.3 is 19.6 Å². The topological polar surface area (TPSA) is 102 Å². The second-order valence-electron chi connectivity index (χ2n) is 3.51. The Labute approximate surface area is 107 Å². The summed E-state index contributed by atoms with van der Waals surface area (Å²) in [7, 11) is 1.45. The number of methoxy groups -OCH3 is 1. The summed E-state index contributed by atoms with van der Waals surface area (Å²) in [5.41, 5.74) is 0.225. The van der Waals surface area contributed by atoms with Crippen LogP contribution in [0.3, 0.4) is 0 Å². The number of anilines is 1. The number of carboxylic acid groups (broad SMARTS) is 1. The molecule has 0 unspecified atom stereocenters. The number of hydrogen-bond acceptors (Lipinski definition) is 5. The maximum atomic E-state index is 11.9. The maximum Gasteiger partial charge on any atom is 0.339 e. The maximum absolute atomic E-state index is 11.9. The number of hydrogen-bond donors (Lipinski definition) is 2. The quantitative estimate of drug-likeness (QED) is 0.868. The monoisotopic (exact) mass is 262 g/mol. The number of pyridine rings is 1. The summed E-state index contributed by atoms with van der Waals surface area (Å²) < 4.78 is 9.79. The largest absolute Gasteiger partial charge is 0.481 e. The molecule has 0 aliphatic heterocycles. The van der Waals surface area contributed by atoms with Gasteiger partial charge in [-0.25, -0.2) is 9.78 Å². The molecule has 0 atom stereocenters. The van der Waals surface area contributed by atoms with Crippen LogP contribution in [0.1, 0.15) is 20.9 Å². The predicted octanol–water partition coefficient (Wildman–Crippen LogP) is 1.63. The molecule has 19 heavy (non-hydrogen) atoms. The predicted molar refractivity (Wildman–Crippen MR) is 64.4 cm³/mol. The van der Waals surface area contributed by atoms with Gasteiger partial charge in [0.25, 0.3) is 5.91 Å². The zero-order valence-electron chi connectivity index (χ0n) is 9.91. The van der Waals surface area contributed by atoms with Gasteiger partial charge in [-0.15, -0.1) is 0 Å². The molecule has 0 spiro atoms. The van der Waals surface area contributed by atoms with E-state index in [9.17, 15) is 9.59 Å². The molecule has 2 rings (SSSR count). The summed E-state index contributed by atoms with van der Waals surface area (Å²) in [4.78, 5) is 26.6. The summed E-state index contributed by atoms with van der Waals surface area (Å²) in [5.74, 6) is -1.82. The fourth-order valence-electron chi connectivity index (χ4n) is 1.44. The van der Waals surface area contributed by atoms with Crippen LogP contribution < -0.4 is 10.1 Å². The minimum Gasteiger partial charge on any atom is -0.481 e. The molecule has 0 bridgehead atoms.